The van der Waals surface area contributed by atoms with Crippen molar-refractivity contribution in [3.05, 3.63) is 29.8 Å². The summed E-state index contributed by atoms with van der Waals surface area (Å²) in [4.78, 5) is 26.2. The molecule has 2 N–H and O–H groups in total. The van der Waals surface area contributed by atoms with E-state index in [9.17, 15) is 9.59 Å². The number of rotatable bonds is 3. The molecule has 2 aliphatic rings. The Kier molecular flexibility index (Phi) is 5.14. The molecule has 1 aromatic carbocycles. The van der Waals surface area contributed by atoms with Crippen molar-refractivity contribution in [3.8, 4) is 0 Å². The van der Waals surface area contributed by atoms with Crippen LogP contribution in [0.4, 0.5) is 5.69 Å². The maximum absolute atomic E-state index is 12.6. The number of amides is 2. The summed E-state index contributed by atoms with van der Waals surface area (Å²) in [6, 6.07) is 7.27. The van der Waals surface area contributed by atoms with Gasteiger partial charge < -0.3 is 15.5 Å². The SMILES string of the molecule is CC1CCN(C(=O)c2cccc(NC(=S)NC(=O)C3CC3)c2)CC1. The molecular weight excluding hydrogens is 322 g/mol. The van der Waals surface area contributed by atoms with E-state index in [1.807, 2.05) is 23.1 Å². The monoisotopic (exact) mass is 345 g/mol. The number of benzene rings is 1. The van der Waals surface area contributed by atoms with E-state index in [1.54, 1.807) is 6.07 Å². The van der Waals surface area contributed by atoms with Crippen molar-refractivity contribution in [2.75, 3.05) is 18.4 Å². The third-order valence-corrected chi connectivity index (χ3v) is 4.83. The Bertz CT molecular complexity index is 649. The standard InChI is InChI=1S/C18H23N3O2S/c1-12-7-9-21(10-8-12)17(23)14-3-2-4-15(11-14)19-18(24)20-16(22)13-5-6-13/h2-4,11-13H,5-10H2,1H3,(H2,19,20,22,24). The zero-order chi connectivity index (χ0) is 17.1. The molecule has 3 rings (SSSR count). The first kappa shape index (κ1) is 16.9. The molecule has 0 radical (unpaired) electrons. The van der Waals surface area contributed by atoms with Crippen LogP contribution in [0, 0.1) is 11.8 Å². The number of carbonyl (C=O) groups is 2. The predicted molar refractivity (Wildman–Crippen MR) is 97.8 cm³/mol. The van der Waals surface area contributed by atoms with Crippen molar-refractivity contribution in [2.24, 2.45) is 11.8 Å². The minimum absolute atomic E-state index is 0.0258. The number of carbonyl (C=O) groups excluding carboxylic acids is 2. The normalized spacial score (nSPS) is 18.1. The Morgan fingerprint density at radius 3 is 2.54 bits per heavy atom. The van der Waals surface area contributed by atoms with Gasteiger partial charge in [0.2, 0.25) is 5.91 Å². The summed E-state index contributed by atoms with van der Waals surface area (Å²) in [5.74, 6) is 0.828. The van der Waals surface area contributed by atoms with Crippen LogP contribution in [0.2, 0.25) is 0 Å². The molecule has 1 saturated carbocycles. The quantitative estimate of drug-likeness (QED) is 0.827. The number of hydrogen-bond acceptors (Lipinski definition) is 3. The van der Waals surface area contributed by atoms with Crippen LogP contribution >= 0.6 is 12.2 Å². The van der Waals surface area contributed by atoms with Crippen LogP contribution in [0.15, 0.2) is 24.3 Å². The summed E-state index contributed by atoms with van der Waals surface area (Å²) in [5, 5.41) is 5.96. The Morgan fingerprint density at radius 1 is 1.17 bits per heavy atom. The van der Waals surface area contributed by atoms with Gasteiger partial charge in [0.1, 0.15) is 0 Å². The highest BCUT2D eigenvalue weighted by atomic mass is 32.1. The van der Waals surface area contributed by atoms with Crippen LogP contribution in [-0.2, 0) is 4.79 Å². The van der Waals surface area contributed by atoms with E-state index in [2.05, 4.69) is 17.6 Å². The van der Waals surface area contributed by atoms with Gasteiger partial charge in [-0.05, 0) is 62.0 Å². The molecule has 128 valence electrons. The fraction of sp³-hybridized carbons (Fsp3) is 0.500. The van der Waals surface area contributed by atoms with Crippen molar-refractivity contribution in [2.45, 2.75) is 32.6 Å². The highest BCUT2D eigenvalue weighted by Crippen LogP contribution is 2.28. The second-order valence-corrected chi connectivity index (χ2v) is 7.18. The average molecular weight is 345 g/mol. The number of piperidine rings is 1. The Labute approximate surface area is 147 Å². The summed E-state index contributed by atoms with van der Waals surface area (Å²) in [5.41, 5.74) is 1.36. The molecule has 1 heterocycles. The van der Waals surface area contributed by atoms with Gasteiger partial charge in [-0.3, -0.25) is 9.59 Å². The fourth-order valence-electron chi connectivity index (χ4n) is 2.85. The molecule has 6 heteroatoms. The number of likely N-dealkylation sites (tertiary alicyclic amines) is 1. The molecule has 1 aliphatic carbocycles. The number of anilines is 1. The molecule has 0 bridgehead atoms. The molecular formula is C18H23N3O2S. The van der Waals surface area contributed by atoms with Gasteiger partial charge in [0.25, 0.3) is 5.91 Å². The van der Waals surface area contributed by atoms with Crippen molar-refractivity contribution in [1.82, 2.24) is 10.2 Å². The van der Waals surface area contributed by atoms with E-state index < -0.39 is 0 Å². The van der Waals surface area contributed by atoms with Crippen molar-refractivity contribution >= 4 is 34.8 Å². The molecule has 5 nitrogen and oxygen atoms in total. The van der Waals surface area contributed by atoms with Gasteiger partial charge in [-0.25, -0.2) is 0 Å². The van der Waals surface area contributed by atoms with E-state index in [4.69, 9.17) is 12.2 Å². The third-order valence-electron chi connectivity index (χ3n) is 4.62. The first-order valence-electron chi connectivity index (χ1n) is 8.54. The van der Waals surface area contributed by atoms with Gasteiger partial charge in [0.05, 0.1) is 0 Å². The Balaban J connectivity index is 1.59. The van der Waals surface area contributed by atoms with Gasteiger partial charge in [0.15, 0.2) is 5.11 Å². The molecule has 0 unspecified atom stereocenters. The Hall–Kier alpha value is -1.95. The van der Waals surface area contributed by atoms with Gasteiger partial charge >= 0.3 is 0 Å². The lowest BCUT2D eigenvalue weighted by Crippen LogP contribution is -2.38. The molecule has 1 aromatic rings. The van der Waals surface area contributed by atoms with Gasteiger partial charge in [-0.1, -0.05) is 13.0 Å². The lowest BCUT2D eigenvalue weighted by molar-refractivity contribution is -0.120. The van der Waals surface area contributed by atoms with Gasteiger partial charge in [-0.2, -0.15) is 0 Å². The van der Waals surface area contributed by atoms with Crippen molar-refractivity contribution < 1.29 is 9.59 Å². The van der Waals surface area contributed by atoms with Crippen LogP contribution in [0.1, 0.15) is 43.0 Å². The second-order valence-electron chi connectivity index (χ2n) is 6.77. The summed E-state index contributed by atoms with van der Waals surface area (Å²) >= 11 is 5.17. The van der Waals surface area contributed by atoms with E-state index in [-0.39, 0.29) is 22.8 Å². The lowest BCUT2D eigenvalue weighted by Gasteiger charge is -2.30. The predicted octanol–water partition coefficient (Wildman–Crippen LogP) is 2.78. The average Bonchev–Trinajstić information content (AvgIpc) is 3.40. The zero-order valence-electron chi connectivity index (χ0n) is 13.9. The molecule has 24 heavy (non-hydrogen) atoms. The third kappa shape index (κ3) is 4.32. The second kappa shape index (κ2) is 7.30. The number of thiocarbonyl (C=S) groups is 1. The van der Waals surface area contributed by atoms with Crippen molar-refractivity contribution in [3.63, 3.8) is 0 Å². The largest absolute Gasteiger partial charge is 0.339 e. The zero-order valence-corrected chi connectivity index (χ0v) is 14.7. The fourth-order valence-corrected chi connectivity index (χ4v) is 3.06. The first-order chi connectivity index (χ1) is 11.5. The van der Waals surface area contributed by atoms with E-state index in [1.165, 1.54) is 0 Å². The minimum Gasteiger partial charge on any atom is -0.339 e. The topological polar surface area (TPSA) is 61.4 Å². The van der Waals surface area contributed by atoms with Gasteiger partial charge in [0, 0.05) is 30.3 Å². The highest BCUT2D eigenvalue weighted by molar-refractivity contribution is 7.80. The van der Waals surface area contributed by atoms with E-state index in [0.29, 0.717) is 17.2 Å². The van der Waals surface area contributed by atoms with Crippen molar-refractivity contribution in [1.29, 1.82) is 0 Å². The summed E-state index contributed by atoms with van der Waals surface area (Å²) in [6.45, 7) is 3.85. The van der Waals surface area contributed by atoms with E-state index in [0.717, 1.165) is 38.8 Å². The number of nitrogens with one attached hydrogen (secondary N) is 2. The maximum atomic E-state index is 12.6. The first-order valence-corrected chi connectivity index (χ1v) is 8.95. The molecule has 2 fully saturated rings. The number of nitrogens with zero attached hydrogens (tertiary/aromatic N) is 1. The van der Waals surface area contributed by atoms with Crippen LogP contribution in [0.5, 0.6) is 0 Å². The molecule has 2 amide bonds. The molecule has 0 aromatic heterocycles. The Morgan fingerprint density at radius 2 is 1.88 bits per heavy atom. The summed E-state index contributed by atoms with van der Waals surface area (Å²) < 4.78 is 0. The smallest absolute Gasteiger partial charge is 0.253 e. The summed E-state index contributed by atoms with van der Waals surface area (Å²) in [7, 11) is 0. The minimum atomic E-state index is -0.0258. The summed E-state index contributed by atoms with van der Waals surface area (Å²) in [6.07, 6.45) is 3.99. The van der Waals surface area contributed by atoms with Crippen LogP contribution in [0.25, 0.3) is 0 Å². The maximum Gasteiger partial charge on any atom is 0.253 e. The lowest BCUT2D eigenvalue weighted by atomic mass is 9.98. The molecule has 0 atom stereocenters. The van der Waals surface area contributed by atoms with Crippen LogP contribution in [0.3, 0.4) is 0 Å². The molecule has 1 aliphatic heterocycles. The van der Waals surface area contributed by atoms with Crippen LogP contribution < -0.4 is 10.6 Å². The number of hydrogen-bond donors (Lipinski definition) is 2. The van der Waals surface area contributed by atoms with Crippen LogP contribution in [-0.4, -0.2) is 34.9 Å². The highest BCUT2D eigenvalue weighted by Gasteiger charge is 2.30. The molecule has 1 saturated heterocycles. The van der Waals surface area contributed by atoms with E-state index >= 15 is 0 Å². The van der Waals surface area contributed by atoms with Gasteiger partial charge in [-0.15, -0.1) is 0 Å². The molecule has 0 spiro atoms.